The summed E-state index contributed by atoms with van der Waals surface area (Å²) in [6.07, 6.45) is 8.01. The monoisotopic (exact) mass is 1430 g/mol. The van der Waals surface area contributed by atoms with Crippen LogP contribution in [0.25, 0.3) is 44.6 Å². The number of carbonyl (C=O) groups excluding carboxylic acids is 3. The Labute approximate surface area is 595 Å². The van der Waals surface area contributed by atoms with Gasteiger partial charge in [0.05, 0.1) is 27.8 Å². The number of aryl methyl sites for hydroxylation is 2. The van der Waals surface area contributed by atoms with Crippen molar-refractivity contribution in [2.24, 2.45) is 23.7 Å². The maximum Gasteiger partial charge on any atom is 1.00 e. The van der Waals surface area contributed by atoms with E-state index in [2.05, 4.69) is 19.9 Å². The Morgan fingerprint density at radius 1 is 0.520 bits per heavy atom. The summed E-state index contributed by atoms with van der Waals surface area (Å²) in [5, 5.41) is 9.41. The third kappa shape index (κ3) is 17.5. The second-order valence-electron chi connectivity index (χ2n) is 25.1. The standard InChI is InChI=1S/C38H36F3N3O6S.C36H32F3N3O6S.Li.H2O/c1-3-49-38(46)35-34(41)32(17-25-10-7-11-26(16-25)18-33(45)50-22-24-8-5-4-6-9-24)42-37(43-35)30-21-44(36-29(30)19-27(39)20-31(36)40)51(47,48)28-14-12-23(2)13-15-28;1-21-10-12-26(13-11-21)49(46,47)42-19-28(27-17-25(37)18-29(38)34(27)42)35-40-30(32(39)33(41-35)36(44)45)15-23-8-5-9-24(14-23)16-31(43)48-20-22-6-3-2-4-7-22;;/h4-6,8-9,12-15,19-21,25-26H,3,7,10-11,16-18,22H2,1-2H3;2-4,6-7,10-13,17-19,23-24H,5,8-9,14-16,20H2,1H3,(H,44,45);;1H2/q;;+1;/p-1/t25-,26+;23-,24+;;/m11../s1. The molecule has 0 spiro atoms. The van der Waals surface area contributed by atoms with Crippen molar-refractivity contribution >= 4 is 65.7 Å². The molecule has 12 rings (SSSR count). The van der Waals surface area contributed by atoms with E-state index < -0.39 is 95.1 Å². The fraction of sp³-hybridized carbons (Fsp3) is 0.297. The molecule has 528 valence electrons. The van der Waals surface area contributed by atoms with Crippen molar-refractivity contribution in [3.63, 3.8) is 0 Å². The smallest absolute Gasteiger partial charge is 0.870 e. The topological polar surface area (TPSA) is 276 Å². The second-order valence-corrected chi connectivity index (χ2v) is 28.8. The van der Waals surface area contributed by atoms with Gasteiger partial charge < -0.3 is 24.8 Å². The van der Waals surface area contributed by atoms with Crippen LogP contribution in [0.2, 0.25) is 0 Å². The fourth-order valence-corrected chi connectivity index (χ4v) is 15.8. The molecule has 0 radical (unpaired) electrons. The van der Waals surface area contributed by atoms with Crippen molar-refractivity contribution < 1.29 is 106 Å². The zero-order valence-electron chi connectivity index (χ0n) is 55.9. The molecule has 0 saturated heterocycles. The van der Waals surface area contributed by atoms with Gasteiger partial charge in [0.15, 0.2) is 46.3 Å². The van der Waals surface area contributed by atoms with Gasteiger partial charge in [-0.1, -0.05) is 122 Å². The number of carbonyl (C=O) groups is 4. The van der Waals surface area contributed by atoms with Crippen LogP contribution in [-0.4, -0.2) is 85.8 Å². The van der Waals surface area contributed by atoms with Crippen LogP contribution in [0, 0.1) is 72.4 Å². The Hall–Kier alpha value is -9.52. The number of aromatic carboxylic acids is 1. The normalized spacial score (nSPS) is 16.0. The number of fused-ring (bicyclic) bond motifs is 2. The summed E-state index contributed by atoms with van der Waals surface area (Å²) < 4.78 is 164. The molecule has 2 fully saturated rings. The second kappa shape index (κ2) is 33.1. The van der Waals surface area contributed by atoms with Gasteiger partial charge >= 0.3 is 42.7 Å². The predicted molar refractivity (Wildman–Crippen MR) is 358 cm³/mol. The summed E-state index contributed by atoms with van der Waals surface area (Å²) in [5.41, 5.74) is -0.00114. The van der Waals surface area contributed by atoms with E-state index in [0.29, 0.717) is 45.8 Å². The predicted octanol–water partition coefficient (Wildman–Crippen LogP) is 11.8. The minimum Gasteiger partial charge on any atom is -0.870 e. The van der Waals surface area contributed by atoms with Crippen LogP contribution < -0.4 is 18.9 Å². The number of hydrogen-bond donors (Lipinski definition) is 1. The summed E-state index contributed by atoms with van der Waals surface area (Å²) >= 11 is 0. The summed E-state index contributed by atoms with van der Waals surface area (Å²) in [4.78, 5) is 66.8. The molecule has 2 aliphatic carbocycles. The van der Waals surface area contributed by atoms with Gasteiger partial charge in [0.2, 0.25) is 0 Å². The molecule has 10 aromatic rings. The molecule has 19 nitrogen and oxygen atoms in total. The number of carboxylic acid groups (broad SMARTS) is 1. The Kier molecular flexibility index (Phi) is 24.9. The van der Waals surface area contributed by atoms with E-state index >= 15 is 17.6 Å². The summed E-state index contributed by atoms with van der Waals surface area (Å²) in [7, 11) is -8.86. The van der Waals surface area contributed by atoms with Gasteiger partial charge in [-0.25, -0.2) is 80.6 Å². The SMILES string of the molecule is CCOC(=O)c1nc(-c2cn(S(=O)(=O)c3ccc(C)cc3)c3c(F)cc(F)cc23)nc(C[C@@H]2CCC[C@H](CC(=O)OCc3ccccc3)C2)c1F.Cc1ccc(S(=O)(=O)n2cc(-c3nc(C[C@@H]4CCC[C@H](CC(=O)OCc5ccccc5)C4)c(F)c(C(=O)O)n3)c3cc(F)cc(F)c32)cc1.[Li+].[OH-]. The first-order valence-corrected chi connectivity index (χ1v) is 35.3. The van der Waals surface area contributed by atoms with E-state index in [9.17, 15) is 49.9 Å². The molecule has 2 N–H and O–H groups in total. The van der Waals surface area contributed by atoms with Gasteiger partial charge in [-0.15, -0.1) is 0 Å². The minimum atomic E-state index is -4.44. The maximum atomic E-state index is 16.0. The number of aromatic nitrogens is 6. The molecule has 4 aromatic heterocycles. The summed E-state index contributed by atoms with van der Waals surface area (Å²) in [5.74, 6) is -11.0. The number of carboxylic acids is 1. The van der Waals surface area contributed by atoms with Gasteiger partial charge in [0.1, 0.15) is 35.9 Å². The number of nitrogens with zero attached hydrogens (tertiary/aromatic N) is 6. The molecular formula is C74H69F6LiN6O13S2. The Bertz CT molecular complexity index is 4980. The molecule has 4 heterocycles. The van der Waals surface area contributed by atoms with Crippen LogP contribution in [-0.2, 0) is 69.9 Å². The Balaban J connectivity index is 0.000000233. The Morgan fingerprint density at radius 3 is 1.29 bits per heavy atom. The molecule has 0 amide bonds. The van der Waals surface area contributed by atoms with Crippen molar-refractivity contribution in [2.45, 2.75) is 121 Å². The van der Waals surface area contributed by atoms with Gasteiger partial charge in [-0.2, -0.15) is 0 Å². The summed E-state index contributed by atoms with van der Waals surface area (Å²) in [6, 6.07) is 33.2. The van der Waals surface area contributed by atoms with Crippen molar-refractivity contribution in [1.29, 1.82) is 0 Å². The number of ether oxygens (including phenoxy) is 3. The molecule has 4 atom stereocenters. The van der Waals surface area contributed by atoms with Crippen LogP contribution in [0.1, 0.15) is 126 Å². The first kappa shape index (κ1) is 76.7. The van der Waals surface area contributed by atoms with Crippen molar-refractivity contribution in [3.8, 4) is 22.8 Å². The number of rotatable bonds is 21. The van der Waals surface area contributed by atoms with Crippen LogP contribution >= 0.6 is 0 Å². The van der Waals surface area contributed by atoms with E-state index in [1.165, 1.54) is 24.3 Å². The molecule has 0 aliphatic heterocycles. The fourth-order valence-electron chi connectivity index (χ4n) is 13.0. The van der Waals surface area contributed by atoms with E-state index in [-0.39, 0.29) is 154 Å². The minimum absolute atomic E-state index is 0. The quantitative estimate of drug-likeness (QED) is 0.0303. The molecule has 0 unspecified atom stereocenters. The molecular weight excluding hydrogens is 1370 g/mol. The zero-order chi connectivity index (χ0) is 71.2. The molecule has 0 bridgehead atoms. The van der Waals surface area contributed by atoms with Crippen LogP contribution in [0.5, 0.6) is 0 Å². The van der Waals surface area contributed by atoms with Crippen molar-refractivity contribution in [3.05, 3.63) is 226 Å². The van der Waals surface area contributed by atoms with E-state index in [0.717, 1.165) is 72.5 Å². The van der Waals surface area contributed by atoms with Crippen LogP contribution in [0.15, 0.2) is 156 Å². The third-order valence-electron chi connectivity index (χ3n) is 17.9. The molecule has 28 heteroatoms. The number of benzene rings is 6. The Morgan fingerprint density at radius 2 is 0.902 bits per heavy atom. The van der Waals surface area contributed by atoms with Crippen LogP contribution in [0.4, 0.5) is 26.3 Å². The average molecular weight is 1440 g/mol. The van der Waals surface area contributed by atoms with Crippen molar-refractivity contribution in [2.75, 3.05) is 6.61 Å². The van der Waals surface area contributed by atoms with Crippen molar-refractivity contribution in [1.82, 2.24) is 27.9 Å². The number of hydrogen-bond acceptors (Lipinski definition) is 16. The van der Waals surface area contributed by atoms with Crippen LogP contribution in [0.3, 0.4) is 0 Å². The first-order chi connectivity index (χ1) is 47.8. The maximum absolute atomic E-state index is 16.0. The average Bonchev–Trinajstić information content (AvgIpc) is 1.59. The number of halogens is 6. The third-order valence-corrected chi connectivity index (χ3v) is 21.2. The number of esters is 3. The zero-order valence-corrected chi connectivity index (χ0v) is 57.6. The van der Waals surface area contributed by atoms with E-state index in [1.54, 1.807) is 45.0 Å². The van der Waals surface area contributed by atoms with Gasteiger partial charge in [-0.05, 0) is 130 Å². The molecule has 102 heavy (non-hydrogen) atoms. The molecule has 2 aliphatic rings. The van der Waals surface area contributed by atoms with Gasteiger partial charge in [0.25, 0.3) is 20.0 Å². The largest absolute Gasteiger partial charge is 1.00 e. The first-order valence-electron chi connectivity index (χ1n) is 32.4. The summed E-state index contributed by atoms with van der Waals surface area (Å²) in [6.45, 7) is 5.32. The molecule has 6 aromatic carbocycles. The molecule has 2 saturated carbocycles. The van der Waals surface area contributed by atoms with E-state index in [4.69, 9.17) is 14.2 Å². The van der Waals surface area contributed by atoms with E-state index in [1.807, 2.05) is 60.7 Å². The van der Waals surface area contributed by atoms with Gasteiger partial charge in [-0.3, -0.25) is 9.59 Å². The van der Waals surface area contributed by atoms with Gasteiger partial charge in [0, 0.05) is 59.3 Å².